The Bertz CT molecular complexity index is 728. The highest BCUT2D eigenvalue weighted by atomic mass is 35.5. The number of carbonyl (C=O) groups is 3. The van der Waals surface area contributed by atoms with Gasteiger partial charge in [0.1, 0.15) is 5.71 Å². The van der Waals surface area contributed by atoms with E-state index < -0.39 is 0 Å². The van der Waals surface area contributed by atoms with Crippen LogP contribution in [0.15, 0.2) is 29.4 Å². The summed E-state index contributed by atoms with van der Waals surface area (Å²) in [5, 5.41) is 7.17. The summed E-state index contributed by atoms with van der Waals surface area (Å²) in [5.74, 6) is -0.367. The maximum Gasteiger partial charge on any atom is 0.321 e. The molecule has 2 aliphatic heterocycles. The minimum Gasteiger partial charge on any atom is -0.334 e. The lowest BCUT2D eigenvalue weighted by molar-refractivity contribution is -0.125. The zero-order chi connectivity index (χ0) is 17.8. The summed E-state index contributed by atoms with van der Waals surface area (Å²) >= 11 is 5.90. The lowest BCUT2D eigenvalue weighted by Crippen LogP contribution is -2.53. The summed E-state index contributed by atoms with van der Waals surface area (Å²) < 4.78 is 0. The van der Waals surface area contributed by atoms with Crippen molar-refractivity contribution >= 4 is 40.8 Å². The third-order valence-electron chi connectivity index (χ3n) is 4.08. The van der Waals surface area contributed by atoms with Gasteiger partial charge in [-0.25, -0.2) is 10.2 Å². The van der Waals surface area contributed by atoms with Crippen LogP contribution in [0.1, 0.15) is 12.8 Å². The predicted molar refractivity (Wildman–Crippen MR) is 93.4 cm³/mol. The Morgan fingerprint density at radius 2 is 1.84 bits per heavy atom. The molecule has 2 heterocycles. The number of hydrogen-bond acceptors (Lipinski definition) is 4. The molecular weight excluding hydrogens is 346 g/mol. The Morgan fingerprint density at radius 1 is 1.12 bits per heavy atom. The van der Waals surface area contributed by atoms with E-state index in [0.29, 0.717) is 49.0 Å². The predicted octanol–water partition coefficient (Wildman–Crippen LogP) is 1.28. The number of carbonyl (C=O) groups excluding carboxylic acids is 3. The number of benzene rings is 1. The lowest BCUT2D eigenvalue weighted by atomic mass is 10.1. The van der Waals surface area contributed by atoms with Gasteiger partial charge in [0.05, 0.1) is 0 Å². The van der Waals surface area contributed by atoms with Crippen molar-refractivity contribution in [2.24, 2.45) is 5.10 Å². The molecule has 0 aliphatic carbocycles. The number of amides is 4. The summed E-state index contributed by atoms with van der Waals surface area (Å²) in [6.07, 6.45) is 0.618. The first-order valence-electron chi connectivity index (χ1n) is 7.99. The second kappa shape index (κ2) is 7.52. The van der Waals surface area contributed by atoms with Crippen LogP contribution < -0.4 is 10.7 Å². The molecule has 4 amide bonds. The molecule has 1 aromatic rings. The van der Waals surface area contributed by atoms with Gasteiger partial charge in [-0.3, -0.25) is 9.59 Å². The van der Waals surface area contributed by atoms with Crippen LogP contribution in [0.3, 0.4) is 0 Å². The smallest absolute Gasteiger partial charge is 0.321 e. The zero-order valence-corrected chi connectivity index (χ0v) is 14.3. The number of anilines is 1. The van der Waals surface area contributed by atoms with E-state index in [1.54, 1.807) is 34.1 Å². The molecule has 1 aromatic carbocycles. The van der Waals surface area contributed by atoms with Gasteiger partial charge in [0.2, 0.25) is 5.91 Å². The first-order valence-corrected chi connectivity index (χ1v) is 8.37. The fourth-order valence-corrected chi connectivity index (χ4v) is 2.88. The van der Waals surface area contributed by atoms with Crippen molar-refractivity contribution in [3.8, 4) is 0 Å². The molecule has 0 aromatic heterocycles. The van der Waals surface area contributed by atoms with Crippen LogP contribution in [0.5, 0.6) is 0 Å². The standard InChI is InChI=1S/C16H18ClN5O3/c17-11-2-1-3-12(10-11)18-16(25)22-8-6-21(7-9-22)15(24)13-4-5-14(23)20-19-13/h1-3,10H,4-9H2,(H,18,25)(H,20,23). The molecule has 2 N–H and O–H groups in total. The van der Waals surface area contributed by atoms with Gasteiger partial charge < -0.3 is 15.1 Å². The minimum absolute atomic E-state index is 0.181. The summed E-state index contributed by atoms with van der Waals surface area (Å²) in [6, 6.07) is 6.71. The van der Waals surface area contributed by atoms with Gasteiger partial charge >= 0.3 is 6.03 Å². The Morgan fingerprint density at radius 3 is 2.48 bits per heavy atom. The largest absolute Gasteiger partial charge is 0.334 e. The van der Waals surface area contributed by atoms with Gasteiger partial charge in [0.15, 0.2) is 0 Å². The Kier molecular flexibility index (Phi) is 5.18. The fraction of sp³-hybridized carbons (Fsp3) is 0.375. The Hall–Kier alpha value is -2.61. The quantitative estimate of drug-likeness (QED) is 0.828. The summed E-state index contributed by atoms with van der Waals surface area (Å²) in [7, 11) is 0. The fourth-order valence-electron chi connectivity index (χ4n) is 2.69. The number of rotatable bonds is 2. The molecule has 0 bridgehead atoms. The van der Waals surface area contributed by atoms with Crippen molar-refractivity contribution < 1.29 is 14.4 Å². The van der Waals surface area contributed by atoms with Crippen LogP contribution >= 0.6 is 11.6 Å². The maximum absolute atomic E-state index is 12.4. The minimum atomic E-state index is -0.225. The second-order valence-corrected chi connectivity index (χ2v) is 6.25. The zero-order valence-electron chi connectivity index (χ0n) is 13.5. The van der Waals surface area contributed by atoms with E-state index in [4.69, 9.17) is 11.6 Å². The van der Waals surface area contributed by atoms with Crippen molar-refractivity contribution in [2.45, 2.75) is 12.8 Å². The monoisotopic (exact) mass is 363 g/mol. The van der Waals surface area contributed by atoms with Gasteiger partial charge in [0, 0.05) is 49.7 Å². The molecule has 0 spiro atoms. The first kappa shape index (κ1) is 17.2. The Labute approximate surface area is 149 Å². The topological polar surface area (TPSA) is 94.1 Å². The Balaban J connectivity index is 1.52. The average molecular weight is 364 g/mol. The van der Waals surface area contributed by atoms with Gasteiger partial charge in [-0.1, -0.05) is 17.7 Å². The van der Waals surface area contributed by atoms with E-state index >= 15 is 0 Å². The van der Waals surface area contributed by atoms with Gasteiger partial charge in [-0.05, 0) is 18.2 Å². The molecule has 0 atom stereocenters. The number of halogens is 1. The van der Waals surface area contributed by atoms with E-state index in [2.05, 4.69) is 15.8 Å². The van der Waals surface area contributed by atoms with E-state index in [1.807, 2.05) is 0 Å². The molecule has 9 heteroatoms. The highest BCUT2D eigenvalue weighted by Crippen LogP contribution is 2.16. The number of nitrogens with one attached hydrogen (secondary N) is 2. The number of hydrazone groups is 1. The van der Waals surface area contributed by atoms with E-state index in [-0.39, 0.29) is 24.3 Å². The molecule has 8 nitrogen and oxygen atoms in total. The normalized spacial score (nSPS) is 17.6. The van der Waals surface area contributed by atoms with Gasteiger partial charge in [-0.15, -0.1) is 0 Å². The molecule has 25 heavy (non-hydrogen) atoms. The number of urea groups is 1. The van der Waals surface area contributed by atoms with Gasteiger partial charge in [0.25, 0.3) is 5.91 Å². The molecule has 0 unspecified atom stereocenters. The van der Waals surface area contributed by atoms with Crippen molar-refractivity contribution in [2.75, 3.05) is 31.5 Å². The van der Waals surface area contributed by atoms with Crippen LogP contribution in [0.25, 0.3) is 0 Å². The van der Waals surface area contributed by atoms with E-state index in [1.165, 1.54) is 0 Å². The van der Waals surface area contributed by atoms with Crippen LogP contribution in [-0.4, -0.2) is 59.5 Å². The van der Waals surface area contributed by atoms with Crippen molar-refractivity contribution in [3.05, 3.63) is 29.3 Å². The summed E-state index contributed by atoms with van der Waals surface area (Å²) in [4.78, 5) is 39.1. The van der Waals surface area contributed by atoms with Crippen molar-refractivity contribution in [1.82, 2.24) is 15.2 Å². The van der Waals surface area contributed by atoms with Crippen molar-refractivity contribution in [1.29, 1.82) is 0 Å². The number of nitrogens with zero attached hydrogens (tertiary/aromatic N) is 3. The lowest BCUT2D eigenvalue weighted by Gasteiger charge is -2.35. The highest BCUT2D eigenvalue weighted by Gasteiger charge is 2.28. The van der Waals surface area contributed by atoms with E-state index in [0.717, 1.165) is 0 Å². The van der Waals surface area contributed by atoms with Crippen LogP contribution in [0.2, 0.25) is 5.02 Å². The third-order valence-corrected chi connectivity index (χ3v) is 4.32. The number of piperazine rings is 1. The van der Waals surface area contributed by atoms with Gasteiger partial charge in [-0.2, -0.15) is 5.10 Å². The molecule has 132 valence electrons. The summed E-state index contributed by atoms with van der Waals surface area (Å²) in [6.45, 7) is 1.71. The molecule has 2 aliphatic rings. The maximum atomic E-state index is 12.4. The third kappa shape index (κ3) is 4.27. The molecule has 1 saturated heterocycles. The highest BCUT2D eigenvalue weighted by molar-refractivity contribution is 6.39. The second-order valence-electron chi connectivity index (χ2n) is 5.81. The average Bonchev–Trinajstić information content (AvgIpc) is 2.62. The van der Waals surface area contributed by atoms with Crippen LogP contribution in [0, 0.1) is 0 Å². The molecule has 3 rings (SSSR count). The van der Waals surface area contributed by atoms with Crippen molar-refractivity contribution in [3.63, 3.8) is 0 Å². The molecule has 1 fully saturated rings. The van der Waals surface area contributed by atoms with Crippen LogP contribution in [-0.2, 0) is 9.59 Å². The first-order chi connectivity index (χ1) is 12.0. The van der Waals surface area contributed by atoms with Crippen LogP contribution in [0.4, 0.5) is 10.5 Å². The molecular formula is C16H18ClN5O3. The van der Waals surface area contributed by atoms with E-state index in [9.17, 15) is 14.4 Å². The number of hydrogen-bond donors (Lipinski definition) is 2. The molecule has 0 radical (unpaired) electrons. The molecule has 0 saturated carbocycles. The summed E-state index contributed by atoms with van der Waals surface area (Å²) in [5.41, 5.74) is 3.31. The SMILES string of the molecule is O=C1CCC(C(=O)N2CCN(C(=O)Nc3cccc(Cl)c3)CC2)=NN1.